The van der Waals surface area contributed by atoms with Gasteiger partial charge in [-0.3, -0.25) is 4.79 Å². The summed E-state index contributed by atoms with van der Waals surface area (Å²) in [5.74, 6) is 5.51. The van der Waals surface area contributed by atoms with Gasteiger partial charge in [-0.05, 0) is 25.2 Å². The van der Waals surface area contributed by atoms with Crippen LogP contribution in [0.5, 0.6) is 0 Å². The molecule has 0 heterocycles. The zero-order valence-corrected chi connectivity index (χ0v) is 17.6. The molecule has 0 bridgehead atoms. The highest BCUT2D eigenvalue weighted by Crippen LogP contribution is 2.39. The van der Waals surface area contributed by atoms with Crippen molar-refractivity contribution in [3.8, 4) is 11.8 Å². The topological polar surface area (TPSA) is 94.8 Å². The average Bonchev–Trinajstić information content (AvgIpc) is 2.97. The number of carbonyl (C=O) groups is 2. The molecule has 1 unspecified atom stereocenters. The van der Waals surface area contributed by atoms with E-state index in [1.54, 1.807) is 11.8 Å². The van der Waals surface area contributed by atoms with Gasteiger partial charge < -0.3 is 15.3 Å². The van der Waals surface area contributed by atoms with Crippen LogP contribution in [0.15, 0.2) is 12.2 Å². The summed E-state index contributed by atoms with van der Waals surface area (Å²) < 4.78 is 0. The summed E-state index contributed by atoms with van der Waals surface area (Å²) in [4.78, 5) is 23.1. The molecule has 0 amide bonds. The third kappa shape index (κ3) is 9.27. The van der Waals surface area contributed by atoms with E-state index in [0.717, 1.165) is 12.8 Å². The fourth-order valence-electron chi connectivity index (χ4n) is 3.39. The third-order valence-electron chi connectivity index (χ3n) is 4.99. The highest BCUT2D eigenvalue weighted by molar-refractivity contribution is 8.00. The number of aliphatic hydroxyl groups excluding tert-OH is 2. The van der Waals surface area contributed by atoms with Crippen LogP contribution in [0.3, 0.4) is 0 Å². The Balaban J connectivity index is 2.62. The van der Waals surface area contributed by atoms with Crippen molar-refractivity contribution < 1.29 is 24.9 Å². The van der Waals surface area contributed by atoms with Gasteiger partial charge in [0.1, 0.15) is 5.78 Å². The number of unbranched alkanes of at least 4 members (excludes halogenated alkanes) is 4. The molecule has 0 aromatic carbocycles. The normalized spacial score (nSPS) is 23.0. The quantitative estimate of drug-likeness (QED) is 0.245. The molecule has 5 nitrogen and oxygen atoms in total. The Morgan fingerprint density at radius 2 is 2.11 bits per heavy atom. The lowest BCUT2D eigenvalue weighted by Gasteiger charge is -2.19. The average molecular weight is 411 g/mol. The number of carbonyl (C=O) groups excluding carboxylic acids is 1. The lowest BCUT2D eigenvalue weighted by atomic mass is 9.91. The first-order chi connectivity index (χ1) is 13.5. The monoisotopic (exact) mass is 410 g/mol. The van der Waals surface area contributed by atoms with Crippen LogP contribution < -0.4 is 0 Å². The Bertz CT molecular complexity index is 563. The molecule has 6 heteroatoms. The van der Waals surface area contributed by atoms with Crippen molar-refractivity contribution in [2.45, 2.75) is 76.1 Å². The molecule has 28 heavy (non-hydrogen) atoms. The number of hydrogen-bond acceptors (Lipinski definition) is 5. The van der Waals surface area contributed by atoms with Gasteiger partial charge in [-0.15, -0.1) is 11.8 Å². The Morgan fingerprint density at radius 3 is 2.79 bits per heavy atom. The summed E-state index contributed by atoms with van der Waals surface area (Å²) in [6, 6.07) is 0. The number of carboxylic acid groups (broad SMARTS) is 1. The predicted octanol–water partition coefficient (Wildman–Crippen LogP) is 3.43. The highest BCUT2D eigenvalue weighted by Gasteiger charge is 2.40. The van der Waals surface area contributed by atoms with E-state index in [4.69, 9.17) is 10.2 Å². The maximum atomic E-state index is 12.5. The molecule has 0 spiro atoms. The molecule has 1 rings (SSSR count). The van der Waals surface area contributed by atoms with E-state index in [1.807, 2.05) is 0 Å². The number of aliphatic hydroxyl groups is 2. The SMILES string of the molecule is CCCCCCC=C[C@H]1[C@H](SCCO)CC(=O)[C@@H]1CC#CCCC(O)C(=O)O. The van der Waals surface area contributed by atoms with Crippen molar-refractivity contribution in [3.63, 3.8) is 0 Å². The maximum Gasteiger partial charge on any atom is 0.332 e. The van der Waals surface area contributed by atoms with Crippen LogP contribution in [-0.2, 0) is 9.59 Å². The van der Waals surface area contributed by atoms with E-state index in [1.165, 1.54) is 19.3 Å². The Hall–Kier alpha value is -1.29. The molecule has 158 valence electrons. The zero-order chi connectivity index (χ0) is 20.8. The van der Waals surface area contributed by atoms with Crippen molar-refractivity contribution in [3.05, 3.63) is 12.2 Å². The zero-order valence-electron chi connectivity index (χ0n) is 16.8. The largest absolute Gasteiger partial charge is 0.479 e. The molecule has 4 atom stereocenters. The minimum Gasteiger partial charge on any atom is -0.479 e. The van der Waals surface area contributed by atoms with E-state index in [-0.39, 0.29) is 35.9 Å². The van der Waals surface area contributed by atoms with Crippen LogP contribution in [0.1, 0.15) is 64.7 Å². The van der Waals surface area contributed by atoms with Crippen molar-refractivity contribution in [2.75, 3.05) is 12.4 Å². The van der Waals surface area contributed by atoms with E-state index in [0.29, 0.717) is 25.0 Å². The number of carboxylic acids is 1. The Morgan fingerprint density at radius 1 is 1.32 bits per heavy atom. The maximum absolute atomic E-state index is 12.5. The second kappa shape index (κ2) is 14.7. The van der Waals surface area contributed by atoms with Crippen LogP contribution in [-0.4, -0.2) is 50.8 Å². The lowest BCUT2D eigenvalue weighted by molar-refractivity contribution is -0.146. The van der Waals surface area contributed by atoms with Crippen molar-refractivity contribution in [1.29, 1.82) is 0 Å². The molecule has 0 radical (unpaired) electrons. The molecular formula is C22H34O5S. The summed E-state index contributed by atoms with van der Waals surface area (Å²) in [6.07, 6.45) is 10.2. The molecular weight excluding hydrogens is 376 g/mol. The summed E-state index contributed by atoms with van der Waals surface area (Å²) in [5, 5.41) is 27.2. The first-order valence-corrected chi connectivity index (χ1v) is 11.3. The van der Waals surface area contributed by atoms with Crippen LogP contribution in [0.4, 0.5) is 0 Å². The smallest absolute Gasteiger partial charge is 0.332 e. The number of aliphatic carboxylic acids is 1. The second-order valence-electron chi connectivity index (χ2n) is 7.22. The van der Waals surface area contributed by atoms with E-state index in [9.17, 15) is 14.7 Å². The van der Waals surface area contributed by atoms with Crippen molar-refractivity contribution in [2.24, 2.45) is 11.8 Å². The van der Waals surface area contributed by atoms with Crippen molar-refractivity contribution >= 4 is 23.5 Å². The molecule has 1 aliphatic rings. The number of Topliss-reactive ketones (excluding diaryl/α,β-unsaturated/α-hetero) is 1. The van der Waals surface area contributed by atoms with Gasteiger partial charge in [-0.1, -0.05) is 38.3 Å². The second-order valence-corrected chi connectivity index (χ2v) is 8.56. The molecule has 1 aliphatic carbocycles. The summed E-state index contributed by atoms with van der Waals surface area (Å²) in [7, 11) is 0. The highest BCUT2D eigenvalue weighted by atomic mass is 32.2. The van der Waals surface area contributed by atoms with Crippen LogP contribution in [0, 0.1) is 23.7 Å². The standard InChI is InChI=1S/C22H34O5S/c1-2-3-4-5-6-8-12-18-17(20(25)16-21(18)28-15-14-23)11-9-7-10-13-19(24)22(26)27/h8,12,17-19,21,23-24H,2-6,10-11,13-16H2,1H3,(H,26,27)/t17-,18-,19?,21-/m1/s1. The van der Waals surface area contributed by atoms with Crippen LogP contribution >= 0.6 is 11.8 Å². The Kier molecular flexibility index (Phi) is 13.0. The number of rotatable bonds is 13. The van der Waals surface area contributed by atoms with Crippen molar-refractivity contribution in [1.82, 2.24) is 0 Å². The molecule has 3 N–H and O–H groups in total. The van der Waals surface area contributed by atoms with Gasteiger partial charge in [0.2, 0.25) is 0 Å². The third-order valence-corrected chi connectivity index (χ3v) is 6.32. The molecule has 0 saturated heterocycles. The van der Waals surface area contributed by atoms with Gasteiger partial charge >= 0.3 is 5.97 Å². The number of hydrogen-bond donors (Lipinski definition) is 3. The molecule has 0 aromatic rings. The fourth-order valence-corrected chi connectivity index (χ4v) is 4.58. The van der Waals surface area contributed by atoms with Crippen LogP contribution in [0.25, 0.3) is 0 Å². The minimum absolute atomic E-state index is 0.0943. The van der Waals surface area contributed by atoms with Gasteiger partial charge in [0.15, 0.2) is 6.10 Å². The predicted molar refractivity (Wildman–Crippen MR) is 113 cm³/mol. The fraction of sp³-hybridized carbons (Fsp3) is 0.727. The summed E-state index contributed by atoms with van der Waals surface area (Å²) in [5.41, 5.74) is 0. The molecule has 1 fully saturated rings. The van der Waals surface area contributed by atoms with Gasteiger partial charge in [0.25, 0.3) is 0 Å². The first-order valence-electron chi connectivity index (χ1n) is 10.3. The molecule has 1 saturated carbocycles. The van der Waals surface area contributed by atoms with Gasteiger partial charge in [-0.25, -0.2) is 4.79 Å². The van der Waals surface area contributed by atoms with E-state index in [2.05, 4.69) is 30.9 Å². The van der Waals surface area contributed by atoms with E-state index >= 15 is 0 Å². The van der Waals surface area contributed by atoms with Crippen LogP contribution in [0.2, 0.25) is 0 Å². The Labute approximate surface area is 173 Å². The van der Waals surface area contributed by atoms with Gasteiger partial charge in [0.05, 0.1) is 6.61 Å². The minimum atomic E-state index is -1.38. The molecule has 0 aliphatic heterocycles. The molecule has 0 aromatic heterocycles. The van der Waals surface area contributed by atoms with Gasteiger partial charge in [-0.2, -0.15) is 11.8 Å². The number of thioether (sulfide) groups is 1. The van der Waals surface area contributed by atoms with E-state index < -0.39 is 12.1 Å². The lowest BCUT2D eigenvalue weighted by Crippen LogP contribution is -2.18. The number of ketones is 1. The first kappa shape index (κ1) is 24.7. The summed E-state index contributed by atoms with van der Waals surface area (Å²) >= 11 is 1.65. The van der Waals surface area contributed by atoms with Gasteiger partial charge in [0, 0.05) is 36.2 Å². The summed E-state index contributed by atoms with van der Waals surface area (Å²) in [6.45, 7) is 2.30. The number of allylic oxidation sites excluding steroid dienone is 2.